The van der Waals surface area contributed by atoms with Crippen LogP contribution in [0.15, 0.2) is 30.3 Å². The van der Waals surface area contributed by atoms with E-state index >= 15 is 0 Å². The van der Waals surface area contributed by atoms with Gasteiger partial charge in [-0.2, -0.15) is 0 Å². The first-order chi connectivity index (χ1) is 12.3. The number of benzene rings is 2. The summed E-state index contributed by atoms with van der Waals surface area (Å²) in [4.78, 5) is 16.6. The highest BCUT2D eigenvalue weighted by Crippen LogP contribution is 2.34. The second kappa shape index (κ2) is 7.33. The number of anilines is 2. The Hall–Kier alpha value is -2.60. The Morgan fingerprint density at radius 3 is 2.62 bits per heavy atom. The van der Waals surface area contributed by atoms with Gasteiger partial charge in [0.1, 0.15) is 5.75 Å². The number of nitrogens with one attached hydrogen (secondary N) is 1. The number of carbonyl (C=O) groups excluding carboxylic acids is 1. The van der Waals surface area contributed by atoms with E-state index in [0.29, 0.717) is 16.8 Å². The molecule has 2 aromatic carbocycles. The maximum Gasteiger partial charge on any atom is 0.262 e. The number of rotatable bonds is 5. The molecule has 0 bridgehead atoms. The molecule has 0 aliphatic heterocycles. The van der Waals surface area contributed by atoms with Gasteiger partial charge in [0.05, 0.1) is 10.2 Å². The van der Waals surface area contributed by atoms with Crippen LogP contribution in [-0.2, 0) is 4.79 Å². The third-order valence-corrected chi connectivity index (χ3v) is 5.33. The van der Waals surface area contributed by atoms with E-state index in [2.05, 4.69) is 24.1 Å². The monoisotopic (exact) mass is 369 g/mol. The number of nitrogen functional groups attached to an aromatic ring is 1. The lowest BCUT2D eigenvalue weighted by molar-refractivity contribution is -0.118. The van der Waals surface area contributed by atoms with Crippen LogP contribution in [0.3, 0.4) is 0 Å². The fraction of sp³-hybridized carbons (Fsp3) is 0.300. The predicted octanol–water partition coefficient (Wildman–Crippen LogP) is 4.64. The average molecular weight is 369 g/mol. The molecule has 0 fully saturated rings. The van der Waals surface area contributed by atoms with Crippen LogP contribution in [0, 0.1) is 13.8 Å². The Morgan fingerprint density at radius 2 is 1.96 bits per heavy atom. The molecule has 0 saturated carbocycles. The van der Waals surface area contributed by atoms with E-state index in [1.807, 2.05) is 44.2 Å². The normalized spacial score (nSPS) is 11.1. The van der Waals surface area contributed by atoms with Crippen molar-refractivity contribution in [1.29, 1.82) is 0 Å². The second-order valence-corrected chi connectivity index (χ2v) is 7.69. The molecule has 1 amide bonds. The number of aryl methyl sites for hydroxylation is 2. The highest BCUT2D eigenvalue weighted by atomic mass is 32.1. The summed E-state index contributed by atoms with van der Waals surface area (Å²) < 4.78 is 6.60. The minimum Gasteiger partial charge on any atom is -0.484 e. The summed E-state index contributed by atoms with van der Waals surface area (Å²) in [6.07, 6.45) is 0. The molecule has 3 rings (SSSR count). The lowest BCUT2D eigenvalue weighted by Crippen LogP contribution is -2.21. The number of hydrogen-bond acceptors (Lipinski definition) is 5. The maximum absolute atomic E-state index is 12.3. The first kappa shape index (κ1) is 18.2. The third-order valence-electron chi connectivity index (χ3n) is 4.31. The van der Waals surface area contributed by atoms with Gasteiger partial charge >= 0.3 is 0 Å². The SMILES string of the molecule is Cc1cc2nc(N)sc2c(C)c1NC(=O)COc1ccc(C(C)C)cc1. The van der Waals surface area contributed by atoms with Gasteiger partial charge in [-0.05, 0) is 54.7 Å². The van der Waals surface area contributed by atoms with Crippen LogP contribution in [0.2, 0.25) is 0 Å². The molecule has 0 aliphatic carbocycles. The summed E-state index contributed by atoms with van der Waals surface area (Å²) in [5, 5.41) is 3.48. The summed E-state index contributed by atoms with van der Waals surface area (Å²) in [6, 6.07) is 9.77. The van der Waals surface area contributed by atoms with Crippen LogP contribution in [-0.4, -0.2) is 17.5 Å². The molecule has 6 heteroatoms. The average Bonchev–Trinajstić information content (AvgIpc) is 2.97. The van der Waals surface area contributed by atoms with Crippen molar-refractivity contribution in [3.05, 3.63) is 47.0 Å². The summed E-state index contributed by atoms with van der Waals surface area (Å²) in [5.74, 6) is 0.957. The second-order valence-electron chi connectivity index (χ2n) is 6.65. The number of carbonyl (C=O) groups is 1. The van der Waals surface area contributed by atoms with Gasteiger partial charge in [0.2, 0.25) is 0 Å². The minimum absolute atomic E-state index is 0.0389. The summed E-state index contributed by atoms with van der Waals surface area (Å²) in [5.41, 5.74) is 10.6. The summed E-state index contributed by atoms with van der Waals surface area (Å²) in [7, 11) is 0. The predicted molar refractivity (Wildman–Crippen MR) is 108 cm³/mol. The Balaban J connectivity index is 1.69. The van der Waals surface area contributed by atoms with Gasteiger partial charge in [0.25, 0.3) is 5.91 Å². The first-order valence-electron chi connectivity index (χ1n) is 8.54. The van der Waals surface area contributed by atoms with Crippen molar-refractivity contribution in [3.63, 3.8) is 0 Å². The van der Waals surface area contributed by atoms with Crippen molar-refractivity contribution >= 4 is 38.3 Å². The Morgan fingerprint density at radius 1 is 1.27 bits per heavy atom. The lowest BCUT2D eigenvalue weighted by Gasteiger charge is -2.13. The van der Waals surface area contributed by atoms with Gasteiger partial charge in [0.15, 0.2) is 11.7 Å². The first-order valence-corrected chi connectivity index (χ1v) is 9.35. The van der Waals surface area contributed by atoms with Crippen molar-refractivity contribution in [2.75, 3.05) is 17.7 Å². The van der Waals surface area contributed by atoms with E-state index in [9.17, 15) is 4.79 Å². The molecule has 0 saturated heterocycles. The molecular weight excluding hydrogens is 346 g/mol. The number of nitrogens with two attached hydrogens (primary N) is 1. The van der Waals surface area contributed by atoms with Gasteiger partial charge < -0.3 is 15.8 Å². The molecule has 136 valence electrons. The number of hydrogen-bond donors (Lipinski definition) is 2. The quantitative estimate of drug-likeness (QED) is 0.687. The molecular formula is C20H23N3O2S. The molecule has 1 heterocycles. The highest BCUT2D eigenvalue weighted by molar-refractivity contribution is 7.22. The standard InChI is InChI=1S/C20H23N3O2S/c1-11(2)14-5-7-15(8-6-14)25-10-17(24)23-18-12(3)9-16-19(13(18)4)26-20(21)22-16/h5-9,11H,10H2,1-4H3,(H2,21,22)(H,23,24). The van der Waals surface area contributed by atoms with Crippen molar-refractivity contribution in [2.45, 2.75) is 33.6 Å². The van der Waals surface area contributed by atoms with Crippen LogP contribution in [0.4, 0.5) is 10.8 Å². The van der Waals surface area contributed by atoms with Gasteiger partial charge in [-0.15, -0.1) is 0 Å². The van der Waals surface area contributed by atoms with Crippen molar-refractivity contribution in [3.8, 4) is 5.75 Å². The molecule has 1 aromatic heterocycles. The van der Waals surface area contributed by atoms with E-state index in [1.54, 1.807) is 0 Å². The van der Waals surface area contributed by atoms with Gasteiger partial charge in [-0.1, -0.05) is 37.3 Å². The largest absolute Gasteiger partial charge is 0.484 e. The number of nitrogens with zero attached hydrogens (tertiary/aromatic N) is 1. The number of aromatic nitrogens is 1. The Bertz CT molecular complexity index is 946. The van der Waals surface area contributed by atoms with Crippen molar-refractivity contribution < 1.29 is 9.53 Å². The smallest absolute Gasteiger partial charge is 0.262 e. The third kappa shape index (κ3) is 3.80. The zero-order valence-corrected chi connectivity index (χ0v) is 16.2. The molecule has 0 unspecified atom stereocenters. The van der Waals surface area contributed by atoms with Crippen LogP contribution in [0.25, 0.3) is 10.2 Å². The fourth-order valence-electron chi connectivity index (χ4n) is 2.87. The van der Waals surface area contributed by atoms with Crippen LogP contribution < -0.4 is 15.8 Å². The Kier molecular flexibility index (Phi) is 5.13. The van der Waals surface area contributed by atoms with Crippen molar-refractivity contribution in [2.24, 2.45) is 0 Å². The van der Waals surface area contributed by atoms with Crippen molar-refractivity contribution in [1.82, 2.24) is 4.98 Å². The molecule has 3 aromatic rings. The number of fused-ring (bicyclic) bond motifs is 1. The zero-order valence-electron chi connectivity index (χ0n) is 15.4. The van der Waals surface area contributed by atoms with Gasteiger partial charge in [-0.25, -0.2) is 4.98 Å². The molecule has 3 N–H and O–H groups in total. The lowest BCUT2D eigenvalue weighted by atomic mass is 10.0. The number of amides is 1. The number of ether oxygens (including phenoxy) is 1. The minimum atomic E-state index is -0.194. The van der Waals surface area contributed by atoms with Gasteiger partial charge in [-0.3, -0.25) is 4.79 Å². The molecule has 0 radical (unpaired) electrons. The summed E-state index contributed by atoms with van der Waals surface area (Å²) >= 11 is 1.43. The van der Waals surface area contributed by atoms with E-state index in [0.717, 1.165) is 27.0 Å². The van der Waals surface area contributed by atoms with E-state index in [-0.39, 0.29) is 12.5 Å². The topological polar surface area (TPSA) is 77.2 Å². The van der Waals surface area contributed by atoms with E-state index in [1.165, 1.54) is 16.9 Å². The molecule has 0 aliphatic rings. The van der Waals surface area contributed by atoms with Crippen LogP contribution in [0.5, 0.6) is 5.75 Å². The fourth-order valence-corrected chi connectivity index (χ4v) is 3.69. The molecule has 0 spiro atoms. The summed E-state index contributed by atoms with van der Waals surface area (Å²) in [6.45, 7) is 8.16. The highest BCUT2D eigenvalue weighted by Gasteiger charge is 2.14. The van der Waals surface area contributed by atoms with Crippen LogP contribution >= 0.6 is 11.3 Å². The van der Waals surface area contributed by atoms with Crippen LogP contribution in [0.1, 0.15) is 36.5 Å². The zero-order chi connectivity index (χ0) is 18.8. The molecule has 26 heavy (non-hydrogen) atoms. The Labute approximate surface area is 157 Å². The van der Waals surface area contributed by atoms with E-state index < -0.39 is 0 Å². The van der Waals surface area contributed by atoms with E-state index in [4.69, 9.17) is 10.5 Å². The molecule has 0 atom stereocenters. The molecule has 5 nitrogen and oxygen atoms in total. The maximum atomic E-state index is 12.3. The van der Waals surface area contributed by atoms with Gasteiger partial charge in [0, 0.05) is 5.69 Å². The number of thiazole rings is 1.